The standard InChI is InChI=1S/C10H8O4/c1-14-8-4-2-7(3-5-8)10(13)9(12)6-11/h2-6H,1H3. The van der Waals surface area contributed by atoms with E-state index in [2.05, 4.69) is 0 Å². The van der Waals surface area contributed by atoms with Crippen LogP contribution in [0.15, 0.2) is 24.3 Å². The first-order valence-electron chi connectivity index (χ1n) is 3.87. The molecule has 1 aromatic rings. The molecule has 0 bridgehead atoms. The Labute approximate surface area is 80.5 Å². The Morgan fingerprint density at radius 1 is 1.21 bits per heavy atom. The number of aldehydes is 1. The second-order valence-corrected chi connectivity index (χ2v) is 2.54. The zero-order valence-electron chi connectivity index (χ0n) is 7.52. The van der Waals surface area contributed by atoms with Gasteiger partial charge in [0.05, 0.1) is 7.11 Å². The van der Waals surface area contributed by atoms with Crippen molar-refractivity contribution in [1.29, 1.82) is 0 Å². The highest BCUT2D eigenvalue weighted by Gasteiger charge is 2.14. The lowest BCUT2D eigenvalue weighted by atomic mass is 10.1. The van der Waals surface area contributed by atoms with Crippen molar-refractivity contribution in [2.75, 3.05) is 7.11 Å². The van der Waals surface area contributed by atoms with Gasteiger partial charge in [0.25, 0.3) is 5.78 Å². The highest BCUT2D eigenvalue weighted by Crippen LogP contribution is 2.11. The number of carbonyl (C=O) groups is 3. The van der Waals surface area contributed by atoms with Gasteiger partial charge in [-0.2, -0.15) is 0 Å². The van der Waals surface area contributed by atoms with E-state index < -0.39 is 11.6 Å². The van der Waals surface area contributed by atoms with Crippen LogP contribution in [-0.2, 0) is 9.59 Å². The molecule has 0 amide bonds. The van der Waals surface area contributed by atoms with Crippen molar-refractivity contribution in [2.45, 2.75) is 0 Å². The van der Waals surface area contributed by atoms with E-state index in [9.17, 15) is 14.4 Å². The molecule has 0 aliphatic rings. The smallest absolute Gasteiger partial charge is 0.265 e. The zero-order valence-corrected chi connectivity index (χ0v) is 7.52. The number of hydrogen-bond donors (Lipinski definition) is 0. The lowest BCUT2D eigenvalue weighted by Crippen LogP contribution is -2.14. The monoisotopic (exact) mass is 192 g/mol. The van der Waals surface area contributed by atoms with Crippen LogP contribution in [0.25, 0.3) is 0 Å². The molecule has 0 unspecified atom stereocenters. The summed E-state index contributed by atoms with van der Waals surface area (Å²) in [5.74, 6) is -1.27. The Balaban J connectivity index is 2.92. The van der Waals surface area contributed by atoms with Gasteiger partial charge in [-0.1, -0.05) is 0 Å². The third kappa shape index (κ3) is 2.04. The number of rotatable bonds is 4. The van der Waals surface area contributed by atoms with Gasteiger partial charge in [0.15, 0.2) is 6.29 Å². The molecule has 1 rings (SSSR count). The number of carbonyl (C=O) groups excluding carboxylic acids is 3. The molecule has 14 heavy (non-hydrogen) atoms. The quantitative estimate of drug-likeness (QED) is 0.304. The molecule has 0 aromatic heterocycles. The van der Waals surface area contributed by atoms with E-state index in [1.165, 1.54) is 19.2 Å². The number of methoxy groups -OCH3 is 1. The summed E-state index contributed by atoms with van der Waals surface area (Å²) in [5, 5.41) is 0. The van der Waals surface area contributed by atoms with Crippen LogP contribution in [0.3, 0.4) is 0 Å². The SMILES string of the molecule is COc1ccc(C(=O)C(=O)C=O)cc1. The van der Waals surface area contributed by atoms with Gasteiger partial charge in [-0.25, -0.2) is 0 Å². The first-order chi connectivity index (χ1) is 6.69. The van der Waals surface area contributed by atoms with Crippen LogP contribution in [0.2, 0.25) is 0 Å². The third-order valence-electron chi connectivity index (χ3n) is 1.68. The number of hydrogen-bond acceptors (Lipinski definition) is 4. The molecule has 0 aliphatic heterocycles. The van der Waals surface area contributed by atoms with Gasteiger partial charge in [-0.05, 0) is 24.3 Å². The number of ether oxygens (including phenoxy) is 1. The van der Waals surface area contributed by atoms with Gasteiger partial charge in [-0.15, -0.1) is 0 Å². The Kier molecular flexibility index (Phi) is 3.12. The molecule has 0 N–H and O–H groups in total. The minimum atomic E-state index is -1.05. The van der Waals surface area contributed by atoms with E-state index in [0.717, 1.165) is 0 Å². The Bertz CT molecular complexity index is 364. The molecule has 0 saturated carbocycles. The highest BCUT2D eigenvalue weighted by atomic mass is 16.5. The van der Waals surface area contributed by atoms with Crippen LogP contribution < -0.4 is 4.74 Å². The molecule has 0 atom stereocenters. The molecule has 72 valence electrons. The van der Waals surface area contributed by atoms with Crippen LogP contribution >= 0.6 is 0 Å². The van der Waals surface area contributed by atoms with Crippen LogP contribution in [-0.4, -0.2) is 25.0 Å². The predicted octanol–water partition coefficient (Wildman–Crippen LogP) is 0.646. The van der Waals surface area contributed by atoms with Crippen molar-refractivity contribution in [3.8, 4) is 5.75 Å². The Morgan fingerprint density at radius 2 is 1.79 bits per heavy atom. The first kappa shape index (κ1) is 10.1. The molecular formula is C10H8O4. The summed E-state index contributed by atoms with van der Waals surface area (Å²) < 4.78 is 4.87. The van der Waals surface area contributed by atoms with Crippen molar-refractivity contribution in [3.63, 3.8) is 0 Å². The molecule has 1 aromatic carbocycles. The van der Waals surface area contributed by atoms with Gasteiger partial charge in [0.1, 0.15) is 5.75 Å². The fourth-order valence-electron chi connectivity index (χ4n) is 0.938. The summed E-state index contributed by atoms with van der Waals surface area (Å²) in [6, 6.07) is 5.96. The summed E-state index contributed by atoms with van der Waals surface area (Å²) >= 11 is 0. The summed E-state index contributed by atoms with van der Waals surface area (Å²) in [6.07, 6.45) is 0.00651. The summed E-state index contributed by atoms with van der Waals surface area (Å²) in [5.41, 5.74) is 0.183. The molecule has 4 nitrogen and oxygen atoms in total. The van der Waals surface area contributed by atoms with Crippen molar-refractivity contribution in [2.24, 2.45) is 0 Å². The van der Waals surface area contributed by atoms with Crippen molar-refractivity contribution < 1.29 is 19.1 Å². The third-order valence-corrected chi connectivity index (χ3v) is 1.68. The lowest BCUT2D eigenvalue weighted by molar-refractivity contribution is -0.126. The van der Waals surface area contributed by atoms with Crippen molar-refractivity contribution in [3.05, 3.63) is 29.8 Å². The lowest BCUT2D eigenvalue weighted by Gasteiger charge is -1.99. The summed E-state index contributed by atoms with van der Waals surface area (Å²) in [6.45, 7) is 0. The highest BCUT2D eigenvalue weighted by molar-refractivity contribution is 6.61. The average Bonchev–Trinajstić information content (AvgIpc) is 2.27. The van der Waals surface area contributed by atoms with Crippen LogP contribution in [0, 0.1) is 0 Å². The Hall–Kier alpha value is -1.97. The fourth-order valence-corrected chi connectivity index (χ4v) is 0.938. The molecule has 0 heterocycles. The van der Waals surface area contributed by atoms with E-state index in [4.69, 9.17) is 4.74 Å². The number of benzene rings is 1. The van der Waals surface area contributed by atoms with Gasteiger partial charge in [0, 0.05) is 5.56 Å². The first-order valence-corrected chi connectivity index (χ1v) is 3.87. The zero-order chi connectivity index (χ0) is 10.6. The molecule has 0 saturated heterocycles. The molecule has 0 fully saturated rings. The van der Waals surface area contributed by atoms with Crippen LogP contribution in [0.5, 0.6) is 5.75 Å². The second kappa shape index (κ2) is 4.32. The average molecular weight is 192 g/mol. The molecule has 0 aliphatic carbocycles. The van der Waals surface area contributed by atoms with Crippen molar-refractivity contribution in [1.82, 2.24) is 0 Å². The molecule has 0 radical (unpaired) electrons. The van der Waals surface area contributed by atoms with E-state index >= 15 is 0 Å². The summed E-state index contributed by atoms with van der Waals surface area (Å²) in [4.78, 5) is 31.9. The van der Waals surface area contributed by atoms with Gasteiger partial charge in [0.2, 0.25) is 5.78 Å². The largest absolute Gasteiger partial charge is 0.497 e. The minimum absolute atomic E-state index is 0.00651. The molecular weight excluding hydrogens is 184 g/mol. The number of ketones is 2. The number of Topliss-reactive ketones (excluding diaryl/α,β-unsaturated/α-hetero) is 2. The van der Waals surface area contributed by atoms with E-state index in [0.29, 0.717) is 5.75 Å². The van der Waals surface area contributed by atoms with Crippen LogP contribution in [0.1, 0.15) is 10.4 Å². The van der Waals surface area contributed by atoms with Gasteiger partial charge >= 0.3 is 0 Å². The minimum Gasteiger partial charge on any atom is -0.497 e. The van der Waals surface area contributed by atoms with Gasteiger partial charge in [-0.3, -0.25) is 14.4 Å². The second-order valence-electron chi connectivity index (χ2n) is 2.54. The van der Waals surface area contributed by atoms with Crippen LogP contribution in [0.4, 0.5) is 0 Å². The van der Waals surface area contributed by atoms with E-state index in [1.54, 1.807) is 12.1 Å². The maximum absolute atomic E-state index is 11.2. The van der Waals surface area contributed by atoms with E-state index in [1.807, 2.05) is 0 Å². The fraction of sp³-hybridized carbons (Fsp3) is 0.100. The molecule has 4 heteroatoms. The van der Waals surface area contributed by atoms with E-state index in [-0.39, 0.29) is 11.8 Å². The maximum atomic E-state index is 11.2. The van der Waals surface area contributed by atoms with Gasteiger partial charge < -0.3 is 4.74 Å². The predicted molar refractivity (Wildman–Crippen MR) is 48.4 cm³/mol. The normalized spacial score (nSPS) is 9.21. The van der Waals surface area contributed by atoms with Crippen molar-refractivity contribution >= 4 is 17.9 Å². The molecule has 0 spiro atoms. The topological polar surface area (TPSA) is 60.4 Å². The Morgan fingerprint density at radius 3 is 2.21 bits per heavy atom. The summed E-state index contributed by atoms with van der Waals surface area (Å²) in [7, 11) is 1.49. The maximum Gasteiger partial charge on any atom is 0.265 e.